The predicted octanol–water partition coefficient (Wildman–Crippen LogP) is 3.13. The minimum Gasteiger partial charge on any atom is -0.399 e. The van der Waals surface area contributed by atoms with Crippen molar-refractivity contribution in [3.63, 3.8) is 0 Å². The highest BCUT2D eigenvalue weighted by molar-refractivity contribution is 9.10. The van der Waals surface area contributed by atoms with Gasteiger partial charge in [0.1, 0.15) is 0 Å². The topological polar surface area (TPSA) is 43.1 Å². The molecule has 2 nitrogen and oxygen atoms in total. The van der Waals surface area contributed by atoms with E-state index in [4.69, 9.17) is 5.73 Å². The number of carbonyl (C=O) groups is 1. The number of halogens is 2. The molecule has 14 heavy (non-hydrogen) atoms. The number of carbonyl (C=O) groups excluding carboxylic acids is 1. The molecule has 0 aromatic heterocycles. The van der Waals surface area contributed by atoms with Gasteiger partial charge in [0.2, 0.25) is 0 Å². The summed E-state index contributed by atoms with van der Waals surface area (Å²) in [5, 5.41) is 0.638. The Morgan fingerprint density at radius 3 is 2.71 bits per heavy atom. The Balaban J connectivity index is 3.14. The first-order chi connectivity index (χ1) is 6.56. The van der Waals surface area contributed by atoms with Crippen molar-refractivity contribution in [2.24, 2.45) is 0 Å². The van der Waals surface area contributed by atoms with E-state index < -0.39 is 0 Å². The molecule has 0 bridgehead atoms. The third-order valence-corrected chi connectivity index (χ3v) is 2.92. The van der Waals surface area contributed by atoms with Crippen LogP contribution in [0.4, 0.5) is 5.69 Å². The molecule has 0 saturated carbocycles. The largest absolute Gasteiger partial charge is 0.399 e. The first-order valence-electron chi connectivity index (χ1n) is 4.19. The maximum Gasteiger partial charge on any atom is 0.176 e. The maximum atomic E-state index is 11.7. The van der Waals surface area contributed by atoms with Crippen molar-refractivity contribution in [2.45, 2.75) is 17.1 Å². The fraction of sp³-hybridized carbons (Fsp3) is 0.300. The average Bonchev–Trinajstić information content (AvgIpc) is 2.16. The normalized spacial score (nSPS) is 12.5. The molecule has 1 atom stereocenters. The van der Waals surface area contributed by atoms with E-state index in [9.17, 15) is 4.79 Å². The van der Waals surface area contributed by atoms with Gasteiger partial charge < -0.3 is 5.73 Å². The zero-order valence-corrected chi connectivity index (χ0v) is 10.9. The van der Waals surface area contributed by atoms with Gasteiger partial charge in [-0.15, -0.1) is 0 Å². The second-order valence-corrected chi connectivity index (χ2v) is 4.96. The summed E-state index contributed by atoms with van der Waals surface area (Å²) in [5.41, 5.74) is 7.97. The lowest BCUT2D eigenvalue weighted by molar-refractivity contribution is 0.0995. The quantitative estimate of drug-likeness (QED) is 0.528. The molecule has 1 aromatic rings. The summed E-state index contributed by atoms with van der Waals surface area (Å²) in [4.78, 5) is 11.6. The Kier molecular flexibility index (Phi) is 4.13. The van der Waals surface area contributed by atoms with E-state index in [1.165, 1.54) is 0 Å². The van der Waals surface area contributed by atoms with Gasteiger partial charge in [-0.1, -0.05) is 31.9 Å². The second-order valence-electron chi connectivity index (χ2n) is 3.03. The van der Waals surface area contributed by atoms with E-state index >= 15 is 0 Å². The molecule has 0 radical (unpaired) electrons. The Bertz CT molecular complexity index is 350. The minimum atomic E-state index is -0.163. The molecular formula is C10H11Br2NO. The van der Waals surface area contributed by atoms with Crippen LogP contribution in [0.5, 0.6) is 0 Å². The van der Waals surface area contributed by atoms with Gasteiger partial charge in [-0.25, -0.2) is 0 Å². The number of alkyl halides is 2. The van der Waals surface area contributed by atoms with Crippen LogP contribution in [0, 0.1) is 0 Å². The van der Waals surface area contributed by atoms with Crippen LogP contribution in [0.2, 0.25) is 0 Å². The maximum absolute atomic E-state index is 11.7. The van der Waals surface area contributed by atoms with Crippen LogP contribution in [0.1, 0.15) is 22.8 Å². The molecule has 1 rings (SSSR count). The summed E-state index contributed by atoms with van der Waals surface area (Å²) in [6, 6.07) is 5.33. The smallest absolute Gasteiger partial charge is 0.176 e. The number of benzene rings is 1. The molecule has 0 fully saturated rings. The zero-order chi connectivity index (χ0) is 10.7. The second kappa shape index (κ2) is 4.94. The molecule has 2 N–H and O–H groups in total. The fourth-order valence-electron chi connectivity index (χ4n) is 1.18. The number of rotatable bonds is 3. The molecule has 0 heterocycles. The monoisotopic (exact) mass is 319 g/mol. The van der Waals surface area contributed by atoms with Crippen molar-refractivity contribution in [3.05, 3.63) is 29.3 Å². The van der Waals surface area contributed by atoms with Crippen molar-refractivity contribution in [2.75, 3.05) is 5.73 Å². The Hall–Kier alpha value is -0.350. The molecule has 0 aliphatic heterocycles. The summed E-state index contributed by atoms with van der Waals surface area (Å²) in [5.74, 6) is 0.0828. The van der Waals surface area contributed by atoms with Gasteiger partial charge in [0.15, 0.2) is 5.78 Å². The van der Waals surface area contributed by atoms with Crippen LogP contribution in [0.15, 0.2) is 18.2 Å². The van der Waals surface area contributed by atoms with E-state index in [0.29, 0.717) is 11.0 Å². The van der Waals surface area contributed by atoms with Gasteiger partial charge in [0.05, 0.1) is 4.83 Å². The molecule has 76 valence electrons. The Labute approximate surface area is 100 Å². The molecule has 1 unspecified atom stereocenters. The number of nitrogen functional groups attached to an aromatic ring is 1. The lowest BCUT2D eigenvalue weighted by atomic mass is 10.0. The number of anilines is 1. The summed E-state index contributed by atoms with van der Waals surface area (Å²) in [6.07, 6.45) is 0. The predicted molar refractivity (Wildman–Crippen MR) is 66.2 cm³/mol. The molecule has 0 aliphatic rings. The molecule has 0 saturated heterocycles. The van der Waals surface area contributed by atoms with Crippen molar-refractivity contribution in [1.82, 2.24) is 0 Å². The number of hydrogen-bond acceptors (Lipinski definition) is 2. The third kappa shape index (κ3) is 2.58. The highest BCUT2D eigenvalue weighted by Crippen LogP contribution is 2.20. The van der Waals surface area contributed by atoms with E-state index in [2.05, 4.69) is 31.9 Å². The van der Waals surface area contributed by atoms with Gasteiger partial charge in [0, 0.05) is 16.6 Å². The Morgan fingerprint density at radius 2 is 2.21 bits per heavy atom. The molecule has 0 spiro atoms. The highest BCUT2D eigenvalue weighted by Gasteiger charge is 2.15. The lowest BCUT2D eigenvalue weighted by Crippen LogP contribution is -2.12. The van der Waals surface area contributed by atoms with Crippen LogP contribution in [-0.4, -0.2) is 10.6 Å². The average molecular weight is 321 g/mol. The molecular weight excluding hydrogens is 310 g/mol. The number of nitrogens with two attached hydrogens (primary N) is 1. The van der Waals surface area contributed by atoms with Gasteiger partial charge >= 0.3 is 0 Å². The first-order valence-corrected chi connectivity index (χ1v) is 6.22. The summed E-state index contributed by atoms with van der Waals surface area (Å²) >= 11 is 6.60. The summed E-state index contributed by atoms with van der Waals surface area (Å²) < 4.78 is 0. The van der Waals surface area contributed by atoms with Gasteiger partial charge in [-0.3, -0.25) is 4.79 Å². The van der Waals surface area contributed by atoms with E-state index in [-0.39, 0.29) is 10.6 Å². The lowest BCUT2D eigenvalue weighted by Gasteiger charge is -2.08. The molecule has 4 heteroatoms. The van der Waals surface area contributed by atoms with E-state index in [1.54, 1.807) is 12.1 Å². The molecule has 0 amide bonds. The van der Waals surface area contributed by atoms with Gasteiger partial charge in [0.25, 0.3) is 0 Å². The molecule has 0 aliphatic carbocycles. The van der Waals surface area contributed by atoms with E-state index in [1.807, 2.05) is 13.0 Å². The molecule has 1 aromatic carbocycles. The third-order valence-electron chi connectivity index (χ3n) is 1.90. The zero-order valence-electron chi connectivity index (χ0n) is 7.76. The number of ketones is 1. The van der Waals surface area contributed by atoms with Crippen molar-refractivity contribution >= 4 is 43.3 Å². The summed E-state index contributed by atoms with van der Waals surface area (Å²) in [7, 11) is 0. The van der Waals surface area contributed by atoms with Crippen molar-refractivity contribution < 1.29 is 4.79 Å². The standard InChI is InChI=1S/C10H11Br2NO/c1-6(12)10(14)9-3-2-8(13)4-7(9)5-11/h2-4,6H,5,13H2,1H3. The van der Waals surface area contributed by atoms with Crippen LogP contribution < -0.4 is 5.73 Å². The van der Waals surface area contributed by atoms with E-state index in [0.717, 1.165) is 11.1 Å². The first kappa shape index (κ1) is 11.7. The van der Waals surface area contributed by atoms with Crippen molar-refractivity contribution in [1.29, 1.82) is 0 Å². The minimum absolute atomic E-state index is 0.0828. The summed E-state index contributed by atoms with van der Waals surface area (Å²) in [6.45, 7) is 1.82. The van der Waals surface area contributed by atoms with Crippen molar-refractivity contribution in [3.8, 4) is 0 Å². The van der Waals surface area contributed by atoms with Gasteiger partial charge in [-0.2, -0.15) is 0 Å². The Morgan fingerprint density at radius 1 is 1.57 bits per heavy atom. The number of Topliss-reactive ketones (excluding diaryl/α,β-unsaturated/α-hetero) is 1. The van der Waals surface area contributed by atoms with Crippen LogP contribution in [-0.2, 0) is 5.33 Å². The van der Waals surface area contributed by atoms with Gasteiger partial charge in [-0.05, 0) is 30.7 Å². The van der Waals surface area contributed by atoms with Crippen LogP contribution in [0.3, 0.4) is 0 Å². The highest BCUT2D eigenvalue weighted by atomic mass is 79.9. The SMILES string of the molecule is CC(Br)C(=O)c1ccc(N)cc1CBr. The van der Waals surface area contributed by atoms with Crippen LogP contribution >= 0.6 is 31.9 Å². The fourth-order valence-corrected chi connectivity index (χ4v) is 1.89. The number of hydrogen-bond donors (Lipinski definition) is 1. The van der Waals surface area contributed by atoms with Crippen LogP contribution in [0.25, 0.3) is 0 Å².